The van der Waals surface area contributed by atoms with Crippen molar-refractivity contribution >= 4 is 27.4 Å². The predicted molar refractivity (Wildman–Crippen MR) is 78.4 cm³/mol. The number of hydrogen-bond acceptors (Lipinski definition) is 4. The van der Waals surface area contributed by atoms with Crippen molar-refractivity contribution in [1.82, 2.24) is 4.98 Å². The average Bonchev–Trinajstić information content (AvgIpc) is 2.41. The van der Waals surface area contributed by atoms with E-state index in [2.05, 4.69) is 26.2 Å². The summed E-state index contributed by atoms with van der Waals surface area (Å²) in [4.78, 5) is 14.6. The van der Waals surface area contributed by atoms with E-state index < -0.39 is 4.92 Å². The summed E-state index contributed by atoms with van der Waals surface area (Å²) in [5, 5.41) is 14.1. The van der Waals surface area contributed by atoms with E-state index in [0.717, 1.165) is 6.54 Å². The summed E-state index contributed by atoms with van der Waals surface area (Å²) in [5.41, 5.74) is 0.668. The Balaban J connectivity index is 2.04. The molecule has 1 aromatic rings. The number of aromatic nitrogens is 1. The van der Waals surface area contributed by atoms with E-state index in [4.69, 9.17) is 0 Å². The highest BCUT2D eigenvalue weighted by atomic mass is 79.9. The summed E-state index contributed by atoms with van der Waals surface area (Å²) in [6, 6.07) is 0. The minimum Gasteiger partial charge on any atom is -0.369 e. The number of rotatable bonds is 4. The molecule has 1 aliphatic rings. The maximum absolute atomic E-state index is 10.8. The molecule has 1 aromatic heterocycles. The Hall–Kier alpha value is -1.17. The molecule has 0 amide bonds. The van der Waals surface area contributed by atoms with Gasteiger partial charge in [-0.1, -0.05) is 19.3 Å². The van der Waals surface area contributed by atoms with Crippen LogP contribution in [0.5, 0.6) is 0 Å². The first-order chi connectivity index (χ1) is 9.09. The van der Waals surface area contributed by atoms with Crippen LogP contribution in [-0.2, 0) is 0 Å². The molecule has 0 aliphatic heterocycles. The maximum Gasteiger partial charge on any atom is 0.291 e. The number of nitrogens with zero attached hydrogens (tertiary/aromatic N) is 2. The quantitative estimate of drug-likeness (QED) is 0.669. The van der Waals surface area contributed by atoms with Crippen molar-refractivity contribution in [2.45, 2.75) is 39.0 Å². The Kier molecular flexibility index (Phi) is 4.74. The second-order valence-electron chi connectivity index (χ2n) is 5.07. The van der Waals surface area contributed by atoms with Crippen molar-refractivity contribution < 1.29 is 4.92 Å². The molecule has 5 nitrogen and oxygen atoms in total. The number of hydrogen-bond donors (Lipinski definition) is 1. The molecule has 104 valence electrons. The first-order valence-electron chi connectivity index (χ1n) is 6.63. The highest BCUT2D eigenvalue weighted by molar-refractivity contribution is 9.10. The Bertz CT molecular complexity index is 473. The molecule has 6 heteroatoms. The highest BCUT2D eigenvalue weighted by Crippen LogP contribution is 2.31. The van der Waals surface area contributed by atoms with Crippen molar-refractivity contribution in [3.05, 3.63) is 26.3 Å². The van der Waals surface area contributed by atoms with Gasteiger partial charge in [0.15, 0.2) is 0 Å². The van der Waals surface area contributed by atoms with Gasteiger partial charge in [0.05, 0.1) is 9.40 Å². The molecule has 19 heavy (non-hydrogen) atoms. The molecule has 2 rings (SSSR count). The van der Waals surface area contributed by atoms with Gasteiger partial charge in [0.2, 0.25) is 0 Å². The van der Waals surface area contributed by atoms with Crippen molar-refractivity contribution in [3.8, 4) is 0 Å². The van der Waals surface area contributed by atoms with Gasteiger partial charge in [-0.05, 0) is 41.6 Å². The number of anilines is 1. The lowest BCUT2D eigenvalue weighted by atomic mass is 9.89. The van der Waals surface area contributed by atoms with E-state index in [9.17, 15) is 10.1 Å². The van der Waals surface area contributed by atoms with Gasteiger partial charge in [0, 0.05) is 12.1 Å². The number of halogens is 1. The fourth-order valence-corrected chi connectivity index (χ4v) is 2.95. The summed E-state index contributed by atoms with van der Waals surface area (Å²) in [6.45, 7) is 2.62. The SMILES string of the molecule is Cc1c([N+](=O)[O-])cnc(NCC2CCCCC2)c1Br. The molecule has 0 spiro atoms. The predicted octanol–water partition coefficient (Wildman–Crippen LogP) is 4.05. The van der Waals surface area contributed by atoms with Gasteiger partial charge in [-0.15, -0.1) is 0 Å². The fraction of sp³-hybridized carbons (Fsp3) is 0.615. The van der Waals surface area contributed by atoms with E-state index in [1.54, 1.807) is 6.92 Å². The third kappa shape index (κ3) is 3.43. The molecule has 0 aromatic carbocycles. The van der Waals surface area contributed by atoms with Crippen LogP contribution in [-0.4, -0.2) is 16.5 Å². The molecular formula is C13H18BrN3O2. The van der Waals surface area contributed by atoms with E-state index in [-0.39, 0.29) is 5.69 Å². The van der Waals surface area contributed by atoms with Crippen molar-refractivity contribution in [3.63, 3.8) is 0 Å². The lowest BCUT2D eigenvalue weighted by Gasteiger charge is -2.22. The second kappa shape index (κ2) is 6.32. The van der Waals surface area contributed by atoms with Gasteiger partial charge in [0.1, 0.15) is 12.0 Å². The van der Waals surface area contributed by atoms with Crippen molar-refractivity contribution in [2.24, 2.45) is 5.92 Å². The van der Waals surface area contributed by atoms with E-state index >= 15 is 0 Å². The summed E-state index contributed by atoms with van der Waals surface area (Å²) >= 11 is 3.39. The van der Waals surface area contributed by atoms with Crippen LogP contribution in [0.15, 0.2) is 10.7 Å². The zero-order valence-electron chi connectivity index (χ0n) is 11.0. The van der Waals surface area contributed by atoms with Crippen LogP contribution in [0.4, 0.5) is 11.5 Å². The molecule has 1 fully saturated rings. The molecule has 0 saturated heterocycles. The topological polar surface area (TPSA) is 68.1 Å². The summed E-state index contributed by atoms with van der Waals surface area (Å²) in [5.74, 6) is 1.40. The van der Waals surface area contributed by atoms with Crippen LogP contribution in [0.3, 0.4) is 0 Å². The van der Waals surface area contributed by atoms with Gasteiger partial charge in [0.25, 0.3) is 5.69 Å². The van der Waals surface area contributed by atoms with E-state index in [1.165, 1.54) is 38.3 Å². The zero-order chi connectivity index (χ0) is 13.8. The summed E-state index contributed by atoms with van der Waals surface area (Å²) in [7, 11) is 0. The molecule has 0 bridgehead atoms. The van der Waals surface area contributed by atoms with E-state index in [1.807, 2.05) is 0 Å². The highest BCUT2D eigenvalue weighted by Gasteiger charge is 2.18. The molecule has 1 heterocycles. The number of nitro groups is 1. The van der Waals surface area contributed by atoms with Gasteiger partial charge >= 0.3 is 0 Å². The maximum atomic E-state index is 10.8. The zero-order valence-corrected chi connectivity index (χ0v) is 12.6. The summed E-state index contributed by atoms with van der Waals surface area (Å²) in [6.07, 6.45) is 7.80. The molecule has 1 N–H and O–H groups in total. The monoisotopic (exact) mass is 327 g/mol. The molecule has 1 aliphatic carbocycles. The third-order valence-electron chi connectivity index (χ3n) is 3.72. The van der Waals surface area contributed by atoms with Gasteiger partial charge < -0.3 is 5.32 Å². The molecule has 0 unspecified atom stereocenters. The molecule has 1 saturated carbocycles. The lowest BCUT2D eigenvalue weighted by Crippen LogP contribution is -2.18. The van der Waals surface area contributed by atoms with Crippen LogP contribution in [0.2, 0.25) is 0 Å². The smallest absolute Gasteiger partial charge is 0.291 e. The molecule has 0 radical (unpaired) electrons. The van der Waals surface area contributed by atoms with E-state index in [0.29, 0.717) is 21.8 Å². The van der Waals surface area contributed by atoms with Crippen LogP contribution < -0.4 is 5.32 Å². The minimum absolute atomic E-state index is 0.0510. The lowest BCUT2D eigenvalue weighted by molar-refractivity contribution is -0.385. The second-order valence-corrected chi connectivity index (χ2v) is 5.87. The third-order valence-corrected chi connectivity index (χ3v) is 4.69. The molecular weight excluding hydrogens is 310 g/mol. The van der Waals surface area contributed by atoms with Gasteiger partial charge in [-0.25, -0.2) is 4.98 Å². The Labute approximate surface area is 121 Å². The average molecular weight is 328 g/mol. The van der Waals surface area contributed by atoms with Gasteiger partial charge in [-0.3, -0.25) is 10.1 Å². The Morgan fingerprint density at radius 1 is 1.47 bits per heavy atom. The Morgan fingerprint density at radius 2 is 2.16 bits per heavy atom. The largest absolute Gasteiger partial charge is 0.369 e. The van der Waals surface area contributed by atoms with Crippen LogP contribution in [0.1, 0.15) is 37.7 Å². The van der Waals surface area contributed by atoms with Gasteiger partial charge in [-0.2, -0.15) is 0 Å². The van der Waals surface area contributed by atoms with Crippen LogP contribution >= 0.6 is 15.9 Å². The Morgan fingerprint density at radius 3 is 2.79 bits per heavy atom. The summed E-state index contributed by atoms with van der Waals surface area (Å²) < 4.78 is 0.692. The van der Waals surface area contributed by atoms with Crippen molar-refractivity contribution in [1.29, 1.82) is 0 Å². The normalized spacial score (nSPS) is 16.3. The fourth-order valence-electron chi connectivity index (χ4n) is 2.51. The van der Waals surface area contributed by atoms with Crippen molar-refractivity contribution in [2.75, 3.05) is 11.9 Å². The van der Waals surface area contributed by atoms with Crippen LogP contribution in [0, 0.1) is 23.0 Å². The first kappa shape index (κ1) is 14.2. The van der Waals surface area contributed by atoms with Crippen LogP contribution in [0.25, 0.3) is 0 Å². The standard InChI is InChI=1S/C13H18BrN3O2/c1-9-11(17(18)19)8-16-13(12(9)14)15-7-10-5-3-2-4-6-10/h8,10H,2-7H2,1H3,(H,15,16). The minimum atomic E-state index is -0.405. The molecule has 0 atom stereocenters. The number of pyridine rings is 1. The first-order valence-corrected chi connectivity index (χ1v) is 7.42. The number of nitrogens with one attached hydrogen (secondary N) is 1.